The number of likely N-dealkylation sites (N-methyl/N-ethyl adjacent to an activating group) is 1. The summed E-state index contributed by atoms with van der Waals surface area (Å²) in [4.78, 5) is 4.18. The number of methoxy groups -OCH3 is 1. The maximum Gasteiger partial charge on any atom is 0.128 e. The number of hydrogen-bond acceptors (Lipinski definition) is 4. The van der Waals surface area contributed by atoms with Crippen LogP contribution in [0.2, 0.25) is 0 Å². The van der Waals surface area contributed by atoms with Gasteiger partial charge in [-0.05, 0) is 25.5 Å². The van der Waals surface area contributed by atoms with Gasteiger partial charge >= 0.3 is 0 Å². The molecule has 0 saturated carbocycles. The summed E-state index contributed by atoms with van der Waals surface area (Å²) in [6.07, 6.45) is 3.56. The van der Waals surface area contributed by atoms with Crippen LogP contribution in [0.15, 0.2) is 18.3 Å². The number of nitrogen functional groups attached to an aromatic ring is 1. The summed E-state index contributed by atoms with van der Waals surface area (Å²) in [7, 11) is 1.77. The Morgan fingerprint density at radius 3 is 2.50 bits per heavy atom. The van der Waals surface area contributed by atoms with Crippen LogP contribution < -0.4 is 11.1 Å². The van der Waals surface area contributed by atoms with Gasteiger partial charge in [0.05, 0.1) is 11.6 Å². The molecule has 18 heavy (non-hydrogen) atoms. The van der Waals surface area contributed by atoms with Crippen LogP contribution in [0.25, 0.3) is 0 Å². The fourth-order valence-electron chi connectivity index (χ4n) is 2.52. The molecular formula is C14H25N3O. The Morgan fingerprint density at radius 1 is 1.39 bits per heavy atom. The van der Waals surface area contributed by atoms with E-state index < -0.39 is 0 Å². The highest BCUT2D eigenvalue weighted by Gasteiger charge is 2.37. The molecule has 0 aromatic carbocycles. The van der Waals surface area contributed by atoms with Crippen molar-refractivity contribution >= 4 is 5.82 Å². The van der Waals surface area contributed by atoms with Gasteiger partial charge in [0.2, 0.25) is 0 Å². The van der Waals surface area contributed by atoms with Crippen LogP contribution in [0.4, 0.5) is 5.82 Å². The molecule has 4 heteroatoms. The lowest BCUT2D eigenvalue weighted by atomic mass is 9.84. The summed E-state index contributed by atoms with van der Waals surface area (Å²) in [5, 5.41) is 3.49. The quantitative estimate of drug-likeness (QED) is 0.781. The Hall–Kier alpha value is -1.13. The minimum Gasteiger partial charge on any atom is -0.383 e. The Kier molecular flexibility index (Phi) is 5.56. The van der Waals surface area contributed by atoms with Crippen LogP contribution in [0.5, 0.6) is 0 Å². The Labute approximate surface area is 110 Å². The Balaban J connectivity index is 3.20. The third-order valence-corrected chi connectivity index (χ3v) is 3.72. The van der Waals surface area contributed by atoms with E-state index in [1.54, 1.807) is 13.3 Å². The second-order valence-corrected chi connectivity index (χ2v) is 4.44. The monoisotopic (exact) mass is 251 g/mol. The molecule has 1 aromatic rings. The first-order valence-corrected chi connectivity index (χ1v) is 6.64. The van der Waals surface area contributed by atoms with Gasteiger partial charge in [-0.25, -0.2) is 4.98 Å². The number of nitrogens with zero attached hydrogens (tertiary/aromatic N) is 1. The average Bonchev–Trinajstić information content (AvgIpc) is 2.41. The fourth-order valence-corrected chi connectivity index (χ4v) is 2.52. The van der Waals surface area contributed by atoms with Crippen LogP contribution in [0, 0.1) is 0 Å². The molecular weight excluding hydrogens is 226 g/mol. The number of nitrogens with two attached hydrogens (primary N) is 1. The topological polar surface area (TPSA) is 60.2 Å². The molecule has 0 aliphatic heterocycles. The Morgan fingerprint density at radius 2 is 2.06 bits per heavy atom. The molecule has 102 valence electrons. The lowest BCUT2D eigenvalue weighted by Crippen LogP contribution is -2.45. The lowest BCUT2D eigenvalue weighted by molar-refractivity contribution is -0.0481. The van der Waals surface area contributed by atoms with Crippen LogP contribution in [0.1, 0.15) is 45.2 Å². The van der Waals surface area contributed by atoms with E-state index in [4.69, 9.17) is 10.5 Å². The highest BCUT2D eigenvalue weighted by atomic mass is 16.5. The summed E-state index contributed by atoms with van der Waals surface area (Å²) in [5.41, 5.74) is 6.78. The molecule has 0 fully saturated rings. The molecule has 0 aliphatic carbocycles. The molecule has 0 spiro atoms. The smallest absolute Gasteiger partial charge is 0.128 e. The number of ether oxygens (including phenoxy) is 1. The SMILES string of the molecule is CCNC(c1cccnc1N)C(CC)(CC)OC. The summed E-state index contributed by atoms with van der Waals surface area (Å²) in [6, 6.07) is 4.01. The van der Waals surface area contributed by atoms with E-state index >= 15 is 0 Å². The molecule has 1 atom stereocenters. The standard InChI is InChI=1S/C14H25N3O/c1-5-14(6-2,18-4)12(16-7-3)11-9-8-10-17-13(11)15/h8-10,12,16H,5-7H2,1-4H3,(H2,15,17). The second-order valence-electron chi connectivity index (χ2n) is 4.44. The van der Waals surface area contributed by atoms with Crippen LogP contribution >= 0.6 is 0 Å². The zero-order valence-electron chi connectivity index (χ0n) is 11.9. The van der Waals surface area contributed by atoms with Gasteiger partial charge in [0, 0.05) is 18.9 Å². The predicted molar refractivity (Wildman–Crippen MR) is 75.4 cm³/mol. The van der Waals surface area contributed by atoms with E-state index in [-0.39, 0.29) is 11.6 Å². The van der Waals surface area contributed by atoms with E-state index in [1.165, 1.54) is 0 Å². The molecule has 0 aliphatic rings. The van der Waals surface area contributed by atoms with E-state index in [9.17, 15) is 0 Å². The van der Waals surface area contributed by atoms with Crippen molar-refractivity contribution in [3.05, 3.63) is 23.9 Å². The van der Waals surface area contributed by atoms with Gasteiger partial charge < -0.3 is 15.8 Å². The zero-order chi connectivity index (χ0) is 13.6. The number of rotatable bonds is 7. The highest BCUT2D eigenvalue weighted by Crippen LogP contribution is 2.36. The normalized spacial score (nSPS) is 13.6. The largest absolute Gasteiger partial charge is 0.383 e. The summed E-state index contributed by atoms with van der Waals surface area (Å²) < 4.78 is 5.81. The minimum atomic E-state index is -0.243. The van der Waals surface area contributed by atoms with Crippen LogP contribution in [0.3, 0.4) is 0 Å². The van der Waals surface area contributed by atoms with Gasteiger partial charge in [0.15, 0.2) is 0 Å². The van der Waals surface area contributed by atoms with Gasteiger partial charge in [0.25, 0.3) is 0 Å². The van der Waals surface area contributed by atoms with E-state index in [2.05, 4.69) is 31.1 Å². The molecule has 1 aromatic heterocycles. The van der Waals surface area contributed by atoms with Crippen LogP contribution in [-0.2, 0) is 4.74 Å². The van der Waals surface area contributed by atoms with Crippen LogP contribution in [-0.4, -0.2) is 24.2 Å². The van der Waals surface area contributed by atoms with Crippen molar-refractivity contribution in [1.29, 1.82) is 0 Å². The summed E-state index contributed by atoms with van der Waals surface area (Å²) in [6.45, 7) is 7.24. The first-order valence-electron chi connectivity index (χ1n) is 6.64. The molecule has 1 unspecified atom stereocenters. The number of nitrogens with one attached hydrogen (secondary N) is 1. The van der Waals surface area contributed by atoms with Gasteiger partial charge in [-0.15, -0.1) is 0 Å². The van der Waals surface area contributed by atoms with Crippen molar-refractivity contribution in [2.75, 3.05) is 19.4 Å². The molecule has 0 saturated heterocycles. The van der Waals surface area contributed by atoms with Crippen molar-refractivity contribution in [2.45, 2.75) is 45.3 Å². The molecule has 0 amide bonds. The van der Waals surface area contributed by atoms with Crippen molar-refractivity contribution < 1.29 is 4.74 Å². The van der Waals surface area contributed by atoms with E-state index in [0.29, 0.717) is 5.82 Å². The first-order chi connectivity index (χ1) is 8.65. The van der Waals surface area contributed by atoms with Crippen molar-refractivity contribution in [1.82, 2.24) is 10.3 Å². The maximum absolute atomic E-state index is 6.01. The third-order valence-electron chi connectivity index (χ3n) is 3.72. The van der Waals surface area contributed by atoms with Gasteiger partial charge in [-0.1, -0.05) is 26.8 Å². The molecule has 0 bridgehead atoms. The first kappa shape index (κ1) is 14.9. The number of aromatic nitrogens is 1. The summed E-state index contributed by atoms with van der Waals surface area (Å²) >= 11 is 0. The fraction of sp³-hybridized carbons (Fsp3) is 0.643. The molecule has 1 rings (SSSR count). The molecule has 4 nitrogen and oxygen atoms in total. The predicted octanol–water partition coefficient (Wildman–Crippen LogP) is 2.52. The maximum atomic E-state index is 6.01. The van der Waals surface area contributed by atoms with Crippen molar-refractivity contribution in [2.24, 2.45) is 0 Å². The minimum absolute atomic E-state index is 0.0659. The van der Waals surface area contributed by atoms with Crippen molar-refractivity contribution in [3.63, 3.8) is 0 Å². The second kappa shape index (κ2) is 6.71. The van der Waals surface area contributed by atoms with Gasteiger partial charge in [-0.2, -0.15) is 0 Å². The molecule has 0 radical (unpaired) electrons. The zero-order valence-corrected chi connectivity index (χ0v) is 11.9. The molecule has 1 heterocycles. The van der Waals surface area contributed by atoms with Crippen molar-refractivity contribution in [3.8, 4) is 0 Å². The lowest BCUT2D eigenvalue weighted by Gasteiger charge is -2.39. The van der Waals surface area contributed by atoms with Gasteiger partial charge in [0.1, 0.15) is 5.82 Å². The highest BCUT2D eigenvalue weighted by molar-refractivity contribution is 5.42. The average molecular weight is 251 g/mol. The van der Waals surface area contributed by atoms with Gasteiger partial charge in [-0.3, -0.25) is 0 Å². The summed E-state index contributed by atoms with van der Waals surface area (Å²) in [5.74, 6) is 0.576. The number of anilines is 1. The van der Waals surface area contributed by atoms with E-state index in [1.807, 2.05) is 12.1 Å². The number of hydrogen-bond donors (Lipinski definition) is 2. The number of pyridine rings is 1. The third kappa shape index (κ3) is 2.82. The van der Waals surface area contributed by atoms with E-state index in [0.717, 1.165) is 24.9 Å². The Bertz CT molecular complexity index is 356. The molecule has 3 N–H and O–H groups in total.